The van der Waals surface area contributed by atoms with Crippen LogP contribution >= 0.6 is 22.7 Å². The third-order valence-electron chi connectivity index (χ3n) is 5.81. The number of aryl methyl sites for hydroxylation is 6. The molecule has 29 heavy (non-hydrogen) atoms. The smallest absolute Gasteiger partial charge is 0.144 e. The third kappa shape index (κ3) is 3.74. The molecule has 0 amide bonds. The quantitative estimate of drug-likeness (QED) is 0.368. The lowest BCUT2D eigenvalue weighted by atomic mass is 9.34. The highest BCUT2D eigenvalue weighted by Gasteiger charge is 2.31. The van der Waals surface area contributed by atoms with Crippen LogP contribution in [0.3, 0.4) is 0 Å². The minimum atomic E-state index is 0.250. The van der Waals surface area contributed by atoms with Gasteiger partial charge in [0.25, 0.3) is 0 Å². The first-order valence-electron chi connectivity index (χ1n) is 10.1. The van der Waals surface area contributed by atoms with Gasteiger partial charge in [-0.05, 0) is 63.8 Å². The molecule has 2 aromatic heterocycles. The fraction of sp³-hybridized carbons (Fsp3) is 0.231. The summed E-state index contributed by atoms with van der Waals surface area (Å²) < 4.78 is 0. The van der Waals surface area contributed by atoms with Crippen molar-refractivity contribution in [1.82, 2.24) is 0 Å². The molecule has 0 radical (unpaired) electrons. The monoisotopic (exact) mass is 414 g/mol. The van der Waals surface area contributed by atoms with Crippen molar-refractivity contribution in [2.75, 3.05) is 0 Å². The molecule has 2 heterocycles. The van der Waals surface area contributed by atoms with Crippen molar-refractivity contribution in [2.45, 2.75) is 41.5 Å². The maximum absolute atomic E-state index is 2.35. The van der Waals surface area contributed by atoms with Gasteiger partial charge >= 0.3 is 0 Å². The summed E-state index contributed by atoms with van der Waals surface area (Å²) in [7, 11) is 0. The summed E-state index contributed by atoms with van der Waals surface area (Å²) >= 11 is 3.70. The molecule has 0 unspecified atom stereocenters. The summed E-state index contributed by atoms with van der Waals surface area (Å²) in [6.45, 7) is 13.7. The van der Waals surface area contributed by atoms with Gasteiger partial charge in [-0.1, -0.05) is 80.7 Å². The van der Waals surface area contributed by atoms with Crippen LogP contribution in [-0.4, -0.2) is 6.71 Å². The van der Waals surface area contributed by atoms with Crippen LogP contribution in [-0.2, 0) is 0 Å². The molecule has 0 saturated heterocycles. The van der Waals surface area contributed by atoms with Gasteiger partial charge in [-0.25, -0.2) is 0 Å². The molecule has 0 nitrogen and oxygen atoms in total. The molecule has 0 atom stereocenters. The van der Waals surface area contributed by atoms with Crippen molar-refractivity contribution in [3.8, 4) is 9.75 Å². The Bertz CT molecular complexity index is 1060. The van der Waals surface area contributed by atoms with Gasteiger partial charge in [0.15, 0.2) is 0 Å². The van der Waals surface area contributed by atoms with E-state index in [1.165, 1.54) is 59.5 Å². The molecule has 0 aliphatic heterocycles. The summed E-state index contributed by atoms with van der Waals surface area (Å²) in [5, 5.41) is 4.44. The molecule has 0 saturated carbocycles. The van der Waals surface area contributed by atoms with Gasteiger partial charge in [-0.15, -0.1) is 22.7 Å². The van der Waals surface area contributed by atoms with E-state index in [1.54, 1.807) is 0 Å². The first-order chi connectivity index (χ1) is 13.9. The number of benzene rings is 2. The van der Waals surface area contributed by atoms with Crippen molar-refractivity contribution in [2.24, 2.45) is 0 Å². The molecule has 4 rings (SSSR count). The summed E-state index contributed by atoms with van der Waals surface area (Å²) in [4.78, 5) is 2.77. The Morgan fingerprint density at radius 1 is 0.621 bits per heavy atom. The van der Waals surface area contributed by atoms with Gasteiger partial charge < -0.3 is 0 Å². The molecular formula is C26H27BS2. The van der Waals surface area contributed by atoms with Crippen molar-refractivity contribution >= 4 is 45.8 Å². The molecule has 4 aromatic rings. The molecule has 146 valence electrons. The Labute approximate surface area is 183 Å². The maximum Gasteiger partial charge on any atom is 0.244 e. The average molecular weight is 414 g/mol. The molecular weight excluding hydrogens is 387 g/mol. The number of rotatable bonds is 4. The Morgan fingerprint density at radius 2 is 1.14 bits per heavy atom. The number of thiophene rings is 2. The van der Waals surface area contributed by atoms with Crippen molar-refractivity contribution in [3.63, 3.8) is 0 Å². The van der Waals surface area contributed by atoms with Crippen LogP contribution < -0.4 is 16.4 Å². The lowest BCUT2D eigenvalue weighted by Gasteiger charge is -2.24. The van der Waals surface area contributed by atoms with Crippen LogP contribution in [0.2, 0.25) is 0 Å². The van der Waals surface area contributed by atoms with Crippen molar-refractivity contribution in [3.05, 3.63) is 86.6 Å². The second-order valence-electron chi connectivity index (χ2n) is 8.24. The zero-order chi connectivity index (χ0) is 20.7. The van der Waals surface area contributed by atoms with Crippen LogP contribution in [0.1, 0.15) is 33.4 Å². The molecule has 0 spiro atoms. The fourth-order valence-corrected chi connectivity index (χ4v) is 6.73. The van der Waals surface area contributed by atoms with Gasteiger partial charge in [0.05, 0.1) is 0 Å². The lowest BCUT2D eigenvalue weighted by Crippen LogP contribution is -2.55. The summed E-state index contributed by atoms with van der Waals surface area (Å²) in [5.74, 6) is 0. The SMILES string of the molecule is Cc1cc(C)c(B(c2ccsc2-c2cccs2)c2c(C)cc(C)cc2C)c(C)c1. The molecule has 0 fully saturated rings. The van der Waals surface area contributed by atoms with E-state index in [9.17, 15) is 0 Å². The first-order valence-corrected chi connectivity index (χ1v) is 11.9. The third-order valence-corrected chi connectivity index (χ3v) is 7.79. The van der Waals surface area contributed by atoms with Crippen LogP contribution in [0.4, 0.5) is 0 Å². The minimum Gasteiger partial charge on any atom is -0.144 e. The molecule has 0 bridgehead atoms. The van der Waals surface area contributed by atoms with Crippen LogP contribution in [0.15, 0.2) is 53.2 Å². The summed E-state index contributed by atoms with van der Waals surface area (Å²) in [5.41, 5.74) is 12.6. The van der Waals surface area contributed by atoms with E-state index in [0.717, 1.165) is 0 Å². The zero-order valence-electron chi connectivity index (χ0n) is 18.1. The highest BCUT2D eigenvalue weighted by Crippen LogP contribution is 2.28. The van der Waals surface area contributed by atoms with Crippen LogP contribution in [0, 0.1) is 41.5 Å². The van der Waals surface area contributed by atoms with E-state index in [-0.39, 0.29) is 6.71 Å². The highest BCUT2D eigenvalue weighted by atomic mass is 32.1. The van der Waals surface area contributed by atoms with Gasteiger partial charge in [0, 0.05) is 9.75 Å². The Hall–Kier alpha value is -2.10. The number of hydrogen-bond acceptors (Lipinski definition) is 2. The number of hydrogen-bond donors (Lipinski definition) is 0. The van der Waals surface area contributed by atoms with E-state index in [4.69, 9.17) is 0 Å². The van der Waals surface area contributed by atoms with Crippen molar-refractivity contribution < 1.29 is 0 Å². The second-order valence-corrected chi connectivity index (χ2v) is 10.1. The topological polar surface area (TPSA) is 0 Å². The Balaban J connectivity index is 2.05. The largest absolute Gasteiger partial charge is 0.244 e. The predicted molar refractivity (Wildman–Crippen MR) is 134 cm³/mol. The summed E-state index contributed by atoms with van der Waals surface area (Å²) in [6, 6.07) is 16.1. The normalized spacial score (nSPS) is 11.1. The van der Waals surface area contributed by atoms with E-state index in [0.29, 0.717) is 0 Å². The van der Waals surface area contributed by atoms with E-state index < -0.39 is 0 Å². The molecule has 2 aromatic carbocycles. The first kappa shape index (κ1) is 20.2. The van der Waals surface area contributed by atoms with E-state index in [2.05, 4.69) is 94.8 Å². The van der Waals surface area contributed by atoms with Gasteiger partial charge in [0.1, 0.15) is 0 Å². The minimum absolute atomic E-state index is 0.250. The molecule has 0 N–H and O–H groups in total. The van der Waals surface area contributed by atoms with E-state index in [1.807, 2.05) is 22.7 Å². The van der Waals surface area contributed by atoms with Crippen molar-refractivity contribution in [1.29, 1.82) is 0 Å². The van der Waals surface area contributed by atoms with Gasteiger partial charge in [-0.2, -0.15) is 0 Å². The molecule has 0 aliphatic carbocycles. The standard InChI is InChI=1S/C26H27BS2/c1-16-12-18(3)24(19(4)13-16)27(25-20(5)14-17(2)15-21(25)6)22-9-11-29-26(22)23-8-7-10-28-23/h7-15H,1-6H3. The van der Waals surface area contributed by atoms with Crippen LogP contribution in [0.5, 0.6) is 0 Å². The van der Waals surface area contributed by atoms with Gasteiger partial charge in [-0.3, -0.25) is 0 Å². The zero-order valence-corrected chi connectivity index (χ0v) is 19.7. The highest BCUT2D eigenvalue weighted by molar-refractivity contribution is 7.22. The lowest BCUT2D eigenvalue weighted by molar-refractivity contribution is 1.34. The van der Waals surface area contributed by atoms with Crippen LogP contribution in [0.25, 0.3) is 9.75 Å². The second kappa shape index (κ2) is 7.97. The molecule has 3 heteroatoms. The molecule has 0 aliphatic rings. The van der Waals surface area contributed by atoms with Gasteiger partial charge in [0.2, 0.25) is 6.71 Å². The predicted octanol–water partition coefficient (Wildman–Crippen LogP) is 5.84. The average Bonchev–Trinajstić information content (AvgIpc) is 3.30. The fourth-order valence-electron chi connectivity index (χ4n) is 4.90. The van der Waals surface area contributed by atoms with E-state index >= 15 is 0 Å². The summed E-state index contributed by atoms with van der Waals surface area (Å²) in [6.07, 6.45) is 0. The Morgan fingerprint density at radius 3 is 1.59 bits per heavy atom. The maximum atomic E-state index is 2.35. The Kier molecular flexibility index (Phi) is 5.55.